The van der Waals surface area contributed by atoms with Crippen LogP contribution in [0.25, 0.3) is 0 Å². The summed E-state index contributed by atoms with van der Waals surface area (Å²) in [5, 5.41) is 0. The zero-order chi connectivity index (χ0) is 18.3. The third kappa shape index (κ3) is 6.24. The van der Waals surface area contributed by atoms with Crippen molar-refractivity contribution in [1.29, 1.82) is 0 Å². The molecule has 1 rings (SSSR count). The van der Waals surface area contributed by atoms with Crippen LogP contribution < -0.4 is 5.73 Å². The molecule has 0 saturated heterocycles. The molecule has 0 spiro atoms. The van der Waals surface area contributed by atoms with Crippen LogP contribution in [-0.4, -0.2) is 26.7 Å². The molecule has 6 heteroatoms. The van der Waals surface area contributed by atoms with Gasteiger partial charge in [-0.15, -0.1) is 0 Å². The highest BCUT2D eigenvalue weighted by Gasteiger charge is 2.28. The molecule has 0 fully saturated rings. The minimum atomic E-state index is -3.65. The fourth-order valence-electron chi connectivity index (χ4n) is 3.15. The number of amides is 1. The number of nitrogens with two attached hydrogens (primary N) is 1. The van der Waals surface area contributed by atoms with E-state index in [1.165, 1.54) is 5.56 Å². The van der Waals surface area contributed by atoms with Crippen molar-refractivity contribution in [3.05, 3.63) is 35.4 Å². The van der Waals surface area contributed by atoms with Gasteiger partial charge in [0.15, 0.2) is 0 Å². The number of benzene rings is 1. The quantitative estimate of drug-likeness (QED) is 0.652. The van der Waals surface area contributed by atoms with Gasteiger partial charge in [-0.05, 0) is 36.8 Å². The minimum absolute atomic E-state index is 0.505. The average molecular weight is 356 g/mol. The molecule has 0 bridgehead atoms. The molecule has 0 radical (unpaired) electrons. The van der Waals surface area contributed by atoms with E-state index in [0.29, 0.717) is 11.5 Å². The highest BCUT2D eigenvalue weighted by atomic mass is 32.2. The summed E-state index contributed by atoms with van der Waals surface area (Å²) in [7, 11) is -3.65. The fourth-order valence-corrected chi connectivity index (χ4v) is 3.81. The van der Waals surface area contributed by atoms with Gasteiger partial charge in [-0.3, -0.25) is 8.98 Å². The van der Waals surface area contributed by atoms with E-state index in [2.05, 4.69) is 13.8 Å². The average Bonchev–Trinajstić information content (AvgIpc) is 2.45. The monoisotopic (exact) mass is 355 g/mol. The van der Waals surface area contributed by atoms with Crippen LogP contribution in [0.4, 0.5) is 0 Å². The van der Waals surface area contributed by atoms with E-state index in [1.54, 1.807) is 6.92 Å². The van der Waals surface area contributed by atoms with Gasteiger partial charge >= 0.3 is 0 Å². The third-order valence-corrected chi connectivity index (χ3v) is 4.80. The number of rotatable bonds is 10. The highest BCUT2D eigenvalue weighted by Crippen LogP contribution is 2.29. The van der Waals surface area contributed by atoms with Crippen molar-refractivity contribution in [1.82, 2.24) is 0 Å². The van der Waals surface area contributed by atoms with Crippen LogP contribution in [0.3, 0.4) is 0 Å². The Hall–Kier alpha value is -1.40. The van der Waals surface area contributed by atoms with E-state index in [0.717, 1.165) is 31.9 Å². The lowest BCUT2D eigenvalue weighted by atomic mass is 9.87. The van der Waals surface area contributed by atoms with E-state index >= 15 is 0 Å². The summed E-state index contributed by atoms with van der Waals surface area (Å²) in [5.41, 5.74) is 7.38. The lowest BCUT2D eigenvalue weighted by Gasteiger charge is -2.22. The standard InChI is InChI=1S/C18H29NO4S/c1-5-7-14(8-6-2)15-9-11-16(12-10-15)17(18(19)20)13(3)23-24(4,21)22/h9-14,17H,5-8H2,1-4H3,(H2,19,20)/t13-,17?/m1/s1. The molecule has 0 aliphatic rings. The third-order valence-electron chi connectivity index (χ3n) is 4.14. The van der Waals surface area contributed by atoms with Gasteiger partial charge in [0.05, 0.1) is 18.3 Å². The first kappa shape index (κ1) is 20.6. The molecule has 24 heavy (non-hydrogen) atoms. The minimum Gasteiger partial charge on any atom is -0.369 e. The molecule has 5 nitrogen and oxygen atoms in total. The lowest BCUT2D eigenvalue weighted by Crippen LogP contribution is -2.32. The van der Waals surface area contributed by atoms with Crippen molar-refractivity contribution in [3.63, 3.8) is 0 Å². The van der Waals surface area contributed by atoms with Crippen molar-refractivity contribution >= 4 is 16.0 Å². The van der Waals surface area contributed by atoms with E-state index in [9.17, 15) is 13.2 Å². The Morgan fingerprint density at radius 1 is 1.08 bits per heavy atom. The van der Waals surface area contributed by atoms with Gasteiger partial charge in [0, 0.05) is 0 Å². The zero-order valence-electron chi connectivity index (χ0n) is 15.0. The fraction of sp³-hybridized carbons (Fsp3) is 0.611. The van der Waals surface area contributed by atoms with Crippen molar-refractivity contribution in [2.75, 3.05) is 6.26 Å². The summed E-state index contributed by atoms with van der Waals surface area (Å²) in [6, 6.07) is 7.72. The normalized spacial score (nSPS) is 14.5. The maximum absolute atomic E-state index is 11.8. The second-order valence-electron chi connectivity index (χ2n) is 6.33. The predicted octanol–water partition coefficient (Wildman–Crippen LogP) is 3.30. The molecule has 1 aromatic rings. The van der Waals surface area contributed by atoms with Crippen molar-refractivity contribution in [3.8, 4) is 0 Å². The van der Waals surface area contributed by atoms with E-state index in [1.807, 2.05) is 24.3 Å². The van der Waals surface area contributed by atoms with Crippen LogP contribution in [0.5, 0.6) is 0 Å². The first-order valence-corrected chi connectivity index (χ1v) is 10.3. The van der Waals surface area contributed by atoms with Crippen LogP contribution in [-0.2, 0) is 19.1 Å². The maximum atomic E-state index is 11.8. The first-order chi connectivity index (χ1) is 11.2. The molecule has 136 valence electrons. The summed E-state index contributed by atoms with van der Waals surface area (Å²) < 4.78 is 27.6. The Bertz CT molecular complexity index is 619. The van der Waals surface area contributed by atoms with Crippen LogP contribution in [0, 0.1) is 0 Å². The molecule has 0 aliphatic heterocycles. The molecule has 1 aromatic carbocycles. The Balaban J connectivity index is 3.03. The summed E-state index contributed by atoms with van der Waals surface area (Å²) in [6.45, 7) is 5.88. The van der Waals surface area contributed by atoms with Gasteiger partial charge in [-0.1, -0.05) is 51.0 Å². The van der Waals surface area contributed by atoms with Crippen molar-refractivity contribution in [2.24, 2.45) is 5.73 Å². The molecule has 0 aliphatic carbocycles. The van der Waals surface area contributed by atoms with Crippen LogP contribution in [0.2, 0.25) is 0 Å². The SMILES string of the molecule is CCCC(CCC)c1ccc(C(C(N)=O)[C@@H](C)OS(C)(=O)=O)cc1. The second-order valence-corrected chi connectivity index (χ2v) is 7.93. The van der Waals surface area contributed by atoms with Crippen molar-refractivity contribution < 1.29 is 17.4 Å². The predicted molar refractivity (Wildman–Crippen MR) is 96.3 cm³/mol. The van der Waals surface area contributed by atoms with E-state index in [-0.39, 0.29) is 0 Å². The van der Waals surface area contributed by atoms with E-state index in [4.69, 9.17) is 9.92 Å². The second kappa shape index (κ2) is 9.18. The number of hydrogen-bond acceptors (Lipinski definition) is 4. The smallest absolute Gasteiger partial charge is 0.264 e. The summed E-state index contributed by atoms with van der Waals surface area (Å²) in [6.07, 6.45) is 4.61. The Kier molecular flexibility index (Phi) is 7.90. The Labute approximate surface area is 145 Å². The lowest BCUT2D eigenvalue weighted by molar-refractivity contribution is -0.121. The summed E-state index contributed by atoms with van der Waals surface area (Å²) in [4.78, 5) is 11.8. The number of carbonyl (C=O) groups excluding carboxylic acids is 1. The molecular formula is C18H29NO4S. The number of carbonyl (C=O) groups is 1. The van der Waals surface area contributed by atoms with Crippen LogP contribution in [0.15, 0.2) is 24.3 Å². The van der Waals surface area contributed by atoms with Gasteiger partial charge in [0.25, 0.3) is 10.1 Å². The summed E-state index contributed by atoms with van der Waals surface area (Å²) in [5.74, 6) is -0.895. The van der Waals surface area contributed by atoms with Gasteiger partial charge < -0.3 is 5.73 Å². The number of hydrogen-bond donors (Lipinski definition) is 1. The van der Waals surface area contributed by atoms with Crippen LogP contribution in [0.1, 0.15) is 69.4 Å². The highest BCUT2D eigenvalue weighted by molar-refractivity contribution is 7.86. The van der Waals surface area contributed by atoms with E-state index < -0.39 is 28.0 Å². The number of primary amides is 1. The first-order valence-electron chi connectivity index (χ1n) is 8.47. The zero-order valence-corrected chi connectivity index (χ0v) is 15.8. The summed E-state index contributed by atoms with van der Waals surface area (Å²) >= 11 is 0. The molecule has 1 unspecified atom stereocenters. The Morgan fingerprint density at radius 2 is 1.54 bits per heavy atom. The topological polar surface area (TPSA) is 86.5 Å². The molecule has 0 heterocycles. The molecule has 2 atom stereocenters. The molecule has 1 amide bonds. The maximum Gasteiger partial charge on any atom is 0.264 e. The Morgan fingerprint density at radius 3 is 1.92 bits per heavy atom. The van der Waals surface area contributed by atoms with Gasteiger partial charge in [-0.25, -0.2) is 0 Å². The molecule has 0 aromatic heterocycles. The van der Waals surface area contributed by atoms with Gasteiger partial charge in [-0.2, -0.15) is 8.42 Å². The largest absolute Gasteiger partial charge is 0.369 e. The van der Waals surface area contributed by atoms with Crippen LogP contribution >= 0.6 is 0 Å². The molecule has 2 N–H and O–H groups in total. The van der Waals surface area contributed by atoms with Gasteiger partial charge in [0.1, 0.15) is 0 Å². The molecular weight excluding hydrogens is 326 g/mol. The van der Waals surface area contributed by atoms with Crippen molar-refractivity contribution in [2.45, 2.75) is 64.4 Å². The molecule has 0 saturated carbocycles. The van der Waals surface area contributed by atoms with Gasteiger partial charge in [0.2, 0.25) is 5.91 Å².